The molecule has 2 unspecified atom stereocenters. The van der Waals surface area contributed by atoms with Gasteiger partial charge in [0.2, 0.25) is 0 Å². The Kier molecular flexibility index (Phi) is 16.7. The van der Waals surface area contributed by atoms with Gasteiger partial charge < -0.3 is 29.2 Å². The van der Waals surface area contributed by atoms with E-state index in [4.69, 9.17) is 39.7 Å². The third-order valence-corrected chi connectivity index (χ3v) is 3.30. The Hall–Kier alpha value is -4.38. The minimum Gasteiger partial charge on any atom is -0.478 e. The highest BCUT2D eigenvalue weighted by atomic mass is 17.1. The van der Waals surface area contributed by atoms with Gasteiger partial charge in [-0.1, -0.05) is 0 Å². The zero-order valence-electron chi connectivity index (χ0n) is 18.3. The molecule has 16 nitrogen and oxygen atoms in total. The molecule has 0 aliphatic heterocycles. The minimum atomic E-state index is -1.65. The molecule has 2 atom stereocenters. The van der Waals surface area contributed by atoms with Gasteiger partial charge in [0, 0.05) is 36.5 Å². The van der Waals surface area contributed by atoms with E-state index in [-0.39, 0.29) is 0 Å². The number of carbonyl (C=O) groups excluding carboxylic acids is 4. The van der Waals surface area contributed by atoms with E-state index in [9.17, 15) is 28.8 Å². The molecular weight excluding hydrogens is 496 g/mol. The smallest absolute Gasteiger partial charge is 0.331 e. The van der Waals surface area contributed by atoms with Crippen molar-refractivity contribution >= 4 is 35.8 Å². The van der Waals surface area contributed by atoms with E-state index < -0.39 is 74.5 Å². The van der Waals surface area contributed by atoms with Crippen LogP contribution in [0.25, 0.3) is 0 Å². The highest BCUT2D eigenvalue weighted by molar-refractivity contribution is 5.91. The van der Waals surface area contributed by atoms with Crippen LogP contribution in [0.2, 0.25) is 0 Å². The molecule has 0 aromatic carbocycles. The van der Waals surface area contributed by atoms with Crippen molar-refractivity contribution < 1.29 is 78.2 Å². The van der Waals surface area contributed by atoms with Crippen molar-refractivity contribution in [3.63, 3.8) is 0 Å². The van der Waals surface area contributed by atoms with Gasteiger partial charge in [-0.05, 0) is 12.2 Å². The van der Waals surface area contributed by atoms with Crippen molar-refractivity contribution in [3.05, 3.63) is 48.6 Å². The number of carbonyl (C=O) groups is 6. The molecular formula is C20H22O16. The third kappa shape index (κ3) is 17.1. The predicted octanol–water partition coefficient (Wildman–Crippen LogP) is -0.730. The zero-order chi connectivity index (χ0) is 27.3. The maximum absolute atomic E-state index is 12.0. The van der Waals surface area contributed by atoms with Gasteiger partial charge in [-0.3, -0.25) is 10.5 Å². The molecule has 0 aromatic rings. The van der Waals surface area contributed by atoms with Crippen molar-refractivity contribution in [2.45, 2.75) is 12.2 Å². The van der Waals surface area contributed by atoms with Crippen LogP contribution in [0.3, 0.4) is 0 Å². The lowest BCUT2D eigenvalue weighted by Crippen LogP contribution is -2.42. The third-order valence-electron chi connectivity index (χ3n) is 3.30. The molecule has 0 bridgehead atoms. The number of hydrogen-bond acceptors (Lipinski definition) is 14. The summed E-state index contributed by atoms with van der Waals surface area (Å²) < 4.78 is 19.6. The first-order valence-corrected chi connectivity index (χ1v) is 9.51. The number of carboxylic acid groups (broad SMARTS) is 2. The predicted molar refractivity (Wildman–Crippen MR) is 111 cm³/mol. The maximum Gasteiger partial charge on any atom is 0.331 e. The van der Waals surface area contributed by atoms with Crippen LogP contribution in [0, 0.1) is 0 Å². The fourth-order valence-electron chi connectivity index (χ4n) is 1.89. The van der Waals surface area contributed by atoms with Gasteiger partial charge in [0.15, 0.2) is 12.2 Å². The Morgan fingerprint density at radius 1 is 0.556 bits per heavy atom. The van der Waals surface area contributed by atoms with E-state index in [1.54, 1.807) is 0 Å². The molecule has 16 heteroatoms. The van der Waals surface area contributed by atoms with Crippen molar-refractivity contribution in [2.75, 3.05) is 26.4 Å². The molecule has 0 radical (unpaired) electrons. The fraction of sp³-hybridized carbons (Fsp3) is 0.300. The van der Waals surface area contributed by atoms with Crippen molar-refractivity contribution in [2.24, 2.45) is 0 Å². The van der Waals surface area contributed by atoms with Crippen LogP contribution in [0.4, 0.5) is 0 Å². The molecule has 198 valence electrons. The Morgan fingerprint density at radius 2 is 0.917 bits per heavy atom. The first-order valence-electron chi connectivity index (χ1n) is 9.51. The summed E-state index contributed by atoms with van der Waals surface area (Å²) in [5, 5.41) is 33.7. The topological polar surface area (TPSA) is 239 Å². The standard InChI is InChI=1S/C20H22O16/c21-15(22)5-7-17(25)31-11-13(35-19(27)3-1-9-33-29)14(36-20(28)4-2-10-34-30)12-32-18(26)8-6-16(23)24/h1-8,13-14,29-30H,9-12H2,(H,21,22)(H,23,24). The molecule has 0 aliphatic carbocycles. The first kappa shape index (κ1) is 31.6. The van der Waals surface area contributed by atoms with Crippen LogP contribution >= 0.6 is 0 Å². The van der Waals surface area contributed by atoms with Crippen LogP contribution in [-0.2, 0) is 57.5 Å². The summed E-state index contributed by atoms with van der Waals surface area (Å²) in [6, 6.07) is 0. The van der Waals surface area contributed by atoms with E-state index in [0.29, 0.717) is 24.3 Å². The van der Waals surface area contributed by atoms with Gasteiger partial charge in [0.1, 0.15) is 26.4 Å². The Balaban J connectivity index is 5.76. The molecule has 0 amide bonds. The van der Waals surface area contributed by atoms with E-state index >= 15 is 0 Å². The summed E-state index contributed by atoms with van der Waals surface area (Å²) in [6.07, 6.45) is 2.32. The molecule has 0 rings (SSSR count). The second kappa shape index (κ2) is 19.0. The van der Waals surface area contributed by atoms with Crippen LogP contribution in [0.1, 0.15) is 0 Å². The molecule has 0 aliphatic rings. The zero-order valence-corrected chi connectivity index (χ0v) is 18.3. The van der Waals surface area contributed by atoms with Gasteiger partial charge in [0.05, 0.1) is 0 Å². The number of aliphatic carboxylic acids is 2. The largest absolute Gasteiger partial charge is 0.478 e. The average molecular weight is 518 g/mol. The second-order valence-electron chi connectivity index (χ2n) is 5.95. The molecule has 0 spiro atoms. The van der Waals surface area contributed by atoms with Gasteiger partial charge in [-0.25, -0.2) is 38.5 Å². The Morgan fingerprint density at radius 3 is 1.22 bits per heavy atom. The number of ether oxygens (including phenoxy) is 4. The van der Waals surface area contributed by atoms with E-state index in [2.05, 4.69) is 9.78 Å². The monoisotopic (exact) mass is 518 g/mol. The Bertz CT molecular complexity index is 812. The summed E-state index contributed by atoms with van der Waals surface area (Å²) >= 11 is 0. The van der Waals surface area contributed by atoms with Crippen LogP contribution in [0.5, 0.6) is 0 Å². The number of carboxylic acids is 2. The molecule has 0 saturated heterocycles. The van der Waals surface area contributed by atoms with Crippen molar-refractivity contribution in [1.29, 1.82) is 0 Å². The van der Waals surface area contributed by atoms with Crippen LogP contribution in [-0.4, -0.2) is 95.2 Å². The van der Waals surface area contributed by atoms with Gasteiger partial charge in [0.25, 0.3) is 0 Å². The maximum atomic E-state index is 12.0. The number of esters is 4. The molecule has 0 saturated carbocycles. The van der Waals surface area contributed by atoms with Gasteiger partial charge >= 0.3 is 35.8 Å². The molecule has 0 aromatic heterocycles. The average Bonchev–Trinajstić information content (AvgIpc) is 2.82. The molecule has 0 heterocycles. The molecule has 0 fully saturated rings. The number of hydrogen-bond donors (Lipinski definition) is 4. The van der Waals surface area contributed by atoms with E-state index in [0.717, 1.165) is 24.3 Å². The Labute approximate surface area is 202 Å². The summed E-state index contributed by atoms with van der Waals surface area (Å²) in [4.78, 5) is 76.0. The summed E-state index contributed by atoms with van der Waals surface area (Å²) in [5.74, 6) is -7.52. The highest BCUT2D eigenvalue weighted by Gasteiger charge is 2.31. The van der Waals surface area contributed by atoms with Crippen LogP contribution < -0.4 is 0 Å². The summed E-state index contributed by atoms with van der Waals surface area (Å²) in [7, 11) is 0. The SMILES string of the molecule is O=C(O)C=CC(=O)OCC(OC(=O)C=CCOO)C(COC(=O)C=CC(=O)O)OC(=O)C=CCOO. The lowest BCUT2D eigenvalue weighted by molar-refractivity contribution is -0.232. The molecule has 4 N–H and O–H groups in total. The molecule has 36 heavy (non-hydrogen) atoms. The highest BCUT2D eigenvalue weighted by Crippen LogP contribution is 2.10. The fourth-order valence-corrected chi connectivity index (χ4v) is 1.89. The normalized spacial score (nSPS) is 13.1. The second-order valence-corrected chi connectivity index (χ2v) is 5.95. The van der Waals surface area contributed by atoms with Gasteiger partial charge in [-0.2, -0.15) is 0 Å². The lowest BCUT2D eigenvalue weighted by atomic mass is 10.2. The van der Waals surface area contributed by atoms with E-state index in [1.807, 2.05) is 0 Å². The van der Waals surface area contributed by atoms with Crippen LogP contribution in [0.15, 0.2) is 48.6 Å². The van der Waals surface area contributed by atoms with Gasteiger partial charge in [-0.15, -0.1) is 0 Å². The number of rotatable bonds is 17. The first-order chi connectivity index (χ1) is 17.1. The van der Waals surface area contributed by atoms with Crippen molar-refractivity contribution in [3.8, 4) is 0 Å². The quantitative estimate of drug-likeness (QED) is 0.0610. The minimum absolute atomic E-state index is 0.404. The lowest BCUT2D eigenvalue weighted by Gasteiger charge is -2.25. The van der Waals surface area contributed by atoms with Crippen molar-refractivity contribution in [1.82, 2.24) is 0 Å². The summed E-state index contributed by atoms with van der Waals surface area (Å²) in [6.45, 7) is -2.47. The summed E-state index contributed by atoms with van der Waals surface area (Å²) in [5.41, 5.74) is 0. The van der Waals surface area contributed by atoms with E-state index in [1.165, 1.54) is 0 Å².